The lowest BCUT2D eigenvalue weighted by Crippen LogP contribution is -2.31. The summed E-state index contributed by atoms with van der Waals surface area (Å²) >= 11 is 0. The normalized spacial score (nSPS) is 10.6. The van der Waals surface area contributed by atoms with Gasteiger partial charge in [-0.15, -0.1) is 0 Å². The lowest BCUT2D eigenvalue weighted by Gasteiger charge is -2.17. The van der Waals surface area contributed by atoms with Crippen LogP contribution in [0.4, 0.5) is 10.5 Å². The van der Waals surface area contributed by atoms with E-state index in [2.05, 4.69) is 5.32 Å². The van der Waals surface area contributed by atoms with Gasteiger partial charge in [0.05, 0.1) is 11.5 Å². The second-order valence-corrected chi connectivity index (χ2v) is 5.97. The Morgan fingerprint density at radius 2 is 1.97 bits per heavy atom. The number of likely N-dealkylation sites (N-methyl/N-ethyl adjacent to an activating group) is 1. The number of phenols is 1. The Balaban J connectivity index is 3.21. The van der Waals surface area contributed by atoms with E-state index >= 15 is 0 Å². The molecule has 0 aliphatic rings. The van der Waals surface area contributed by atoms with Gasteiger partial charge in [0.15, 0.2) is 5.75 Å². The third kappa shape index (κ3) is 7.32. The van der Waals surface area contributed by atoms with Gasteiger partial charge >= 0.3 is 11.8 Å². The summed E-state index contributed by atoms with van der Waals surface area (Å²) in [5.74, 6) is -2.45. The number of nitro benzene ring substituents is 1. The Bertz CT molecular complexity index is 932. The summed E-state index contributed by atoms with van der Waals surface area (Å²) in [5.41, 5.74) is -1.13. The smallest absolute Gasteiger partial charge is 0.499 e. The Kier molecular flexibility index (Phi) is 9.45. The number of amides is 2. The number of nitrogens with zero attached hydrogens (tertiary/aromatic N) is 3. The van der Waals surface area contributed by atoms with Crippen molar-refractivity contribution in [1.29, 1.82) is 5.26 Å². The molecule has 0 aliphatic carbocycles. The Hall–Kier alpha value is -4.14. The zero-order chi connectivity index (χ0) is 23.6. The van der Waals surface area contributed by atoms with Crippen LogP contribution in [0.2, 0.25) is 0 Å². The van der Waals surface area contributed by atoms with Crippen molar-refractivity contribution in [1.82, 2.24) is 10.2 Å². The minimum absolute atomic E-state index is 0.0122. The van der Waals surface area contributed by atoms with Gasteiger partial charge in [0.25, 0.3) is 5.91 Å². The van der Waals surface area contributed by atoms with Crippen LogP contribution in [-0.4, -0.2) is 59.1 Å². The van der Waals surface area contributed by atoms with Gasteiger partial charge in [-0.05, 0) is 31.6 Å². The highest BCUT2D eigenvalue weighted by atomic mass is 16.7. The number of nitrogens with one attached hydrogen (secondary N) is 1. The first-order valence-corrected chi connectivity index (χ1v) is 9.16. The molecule has 2 N–H and O–H groups in total. The summed E-state index contributed by atoms with van der Waals surface area (Å²) in [6.07, 6.45) is -0.196. The highest BCUT2D eigenvalue weighted by Crippen LogP contribution is 2.38. The number of nitriles is 1. The number of benzene rings is 1. The molecule has 0 aromatic heterocycles. The Morgan fingerprint density at radius 3 is 2.48 bits per heavy atom. The van der Waals surface area contributed by atoms with Gasteiger partial charge in [-0.3, -0.25) is 19.7 Å². The number of nitro groups is 1. The molecule has 12 nitrogen and oxygen atoms in total. The van der Waals surface area contributed by atoms with E-state index in [1.807, 2.05) is 0 Å². The van der Waals surface area contributed by atoms with Crippen molar-refractivity contribution in [2.75, 3.05) is 26.2 Å². The zero-order valence-electron chi connectivity index (χ0n) is 17.2. The van der Waals surface area contributed by atoms with Gasteiger partial charge in [0, 0.05) is 26.1 Å². The van der Waals surface area contributed by atoms with Crippen molar-refractivity contribution in [2.45, 2.75) is 20.8 Å². The lowest BCUT2D eigenvalue weighted by molar-refractivity contribution is -0.385. The number of rotatable bonds is 9. The van der Waals surface area contributed by atoms with Crippen LogP contribution in [0.1, 0.15) is 26.3 Å². The number of hydrogen-bond acceptors (Lipinski definition) is 9. The number of carbonyl (C=O) groups is 3. The first-order valence-electron chi connectivity index (χ1n) is 9.16. The van der Waals surface area contributed by atoms with E-state index in [4.69, 9.17) is 9.47 Å². The second-order valence-electron chi connectivity index (χ2n) is 5.97. The molecule has 0 unspecified atom stereocenters. The van der Waals surface area contributed by atoms with Crippen molar-refractivity contribution in [3.63, 3.8) is 0 Å². The molecule has 2 amide bonds. The molecule has 12 heteroatoms. The molecular weight excluding hydrogens is 412 g/mol. The van der Waals surface area contributed by atoms with E-state index in [1.165, 1.54) is 11.8 Å². The van der Waals surface area contributed by atoms with Crippen LogP contribution in [0, 0.1) is 21.4 Å². The minimum atomic E-state index is -1.28. The molecule has 0 atom stereocenters. The standard InChI is InChI=1S/C19H22N4O8/c1-4-22(5-2)18(26)14(11-20)8-13-9-15(23(28)29)17(25)16(10-13)31-19(27)30-7-6-21-12(3)24/h8-10,25H,4-7H2,1-3H3,(H,21,24)/b14-8+. The maximum Gasteiger partial charge on any atom is 0.514 e. The van der Waals surface area contributed by atoms with E-state index in [1.54, 1.807) is 19.9 Å². The number of hydrogen-bond donors (Lipinski definition) is 2. The van der Waals surface area contributed by atoms with Crippen molar-refractivity contribution in [3.8, 4) is 17.6 Å². The van der Waals surface area contributed by atoms with Crippen LogP contribution in [-0.2, 0) is 14.3 Å². The second kappa shape index (κ2) is 11.8. The molecule has 1 aromatic rings. The van der Waals surface area contributed by atoms with Crippen LogP contribution in [0.3, 0.4) is 0 Å². The molecule has 0 radical (unpaired) electrons. The van der Waals surface area contributed by atoms with Crippen LogP contribution in [0.25, 0.3) is 6.08 Å². The molecule has 0 aliphatic heterocycles. The van der Waals surface area contributed by atoms with Gasteiger partial charge < -0.3 is 24.8 Å². The number of phenolic OH excluding ortho intramolecular Hbond substituents is 1. The molecule has 0 saturated heterocycles. The summed E-state index contributed by atoms with van der Waals surface area (Å²) in [5, 5.41) is 33.0. The summed E-state index contributed by atoms with van der Waals surface area (Å²) in [6, 6.07) is 3.71. The average molecular weight is 434 g/mol. The molecular formula is C19H22N4O8. The number of carbonyl (C=O) groups excluding carboxylic acids is 3. The monoisotopic (exact) mass is 434 g/mol. The summed E-state index contributed by atoms with van der Waals surface area (Å²) < 4.78 is 9.52. The Morgan fingerprint density at radius 1 is 1.32 bits per heavy atom. The molecule has 0 spiro atoms. The van der Waals surface area contributed by atoms with Crippen molar-refractivity contribution >= 4 is 29.7 Å². The fourth-order valence-electron chi connectivity index (χ4n) is 2.38. The molecule has 0 heterocycles. The van der Waals surface area contributed by atoms with Crippen molar-refractivity contribution < 1.29 is 33.9 Å². The van der Waals surface area contributed by atoms with Crippen molar-refractivity contribution in [2.24, 2.45) is 0 Å². The number of aromatic hydroxyl groups is 1. The molecule has 0 bridgehead atoms. The van der Waals surface area contributed by atoms with E-state index in [0.29, 0.717) is 13.1 Å². The third-order valence-electron chi connectivity index (χ3n) is 3.88. The van der Waals surface area contributed by atoms with E-state index in [0.717, 1.165) is 18.2 Å². The van der Waals surface area contributed by atoms with Gasteiger partial charge in [0.1, 0.15) is 18.2 Å². The molecule has 0 saturated carbocycles. The van der Waals surface area contributed by atoms with Gasteiger partial charge in [0.2, 0.25) is 11.7 Å². The Labute approximate surface area is 177 Å². The quantitative estimate of drug-likeness (QED) is 0.112. The third-order valence-corrected chi connectivity index (χ3v) is 3.88. The topological polar surface area (TPSA) is 172 Å². The van der Waals surface area contributed by atoms with Gasteiger partial charge in [-0.25, -0.2) is 4.79 Å². The first-order chi connectivity index (χ1) is 14.6. The summed E-state index contributed by atoms with van der Waals surface area (Å²) in [6.45, 7) is 5.20. The molecule has 31 heavy (non-hydrogen) atoms. The van der Waals surface area contributed by atoms with Crippen LogP contribution < -0.4 is 10.1 Å². The zero-order valence-corrected chi connectivity index (χ0v) is 17.2. The first kappa shape index (κ1) is 24.9. The van der Waals surface area contributed by atoms with Crippen LogP contribution in [0.5, 0.6) is 11.5 Å². The molecule has 1 rings (SSSR count). The summed E-state index contributed by atoms with van der Waals surface area (Å²) in [4.78, 5) is 46.7. The van der Waals surface area contributed by atoms with E-state index in [-0.39, 0.29) is 30.2 Å². The van der Waals surface area contributed by atoms with Crippen LogP contribution in [0.15, 0.2) is 17.7 Å². The predicted molar refractivity (Wildman–Crippen MR) is 107 cm³/mol. The lowest BCUT2D eigenvalue weighted by atomic mass is 10.1. The predicted octanol–water partition coefficient (Wildman–Crippen LogP) is 1.73. The van der Waals surface area contributed by atoms with Crippen molar-refractivity contribution in [3.05, 3.63) is 33.4 Å². The van der Waals surface area contributed by atoms with Gasteiger partial charge in [-0.1, -0.05) is 0 Å². The SMILES string of the molecule is CCN(CC)C(=O)/C(C#N)=C/c1cc(OC(=O)OCCNC(C)=O)c(O)c([N+](=O)[O-])c1. The van der Waals surface area contributed by atoms with E-state index in [9.17, 15) is 34.9 Å². The maximum absolute atomic E-state index is 12.4. The highest BCUT2D eigenvalue weighted by molar-refractivity contribution is 6.01. The molecule has 0 fully saturated rings. The molecule has 166 valence electrons. The minimum Gasteiger partial charge on any atom is -0.499 e. The average Bonchev–Trinajstić information content (AvgIpc) is 2.71. The van der Waals surface area contributed by atoms with E-state index < -0.39 is 34.2 Å². The van der Waals surface area contributed by atoms with Gasteiger partial charge in [-0.2, -0.15) is 5.26 Å². The number of ether oxygens (including phenoxy) is 2. The molecule has 1 aromatic carbocycles. The fourth-order valence-corrected chi connectivity index (χ4v) is 2.38. The maximum atomic E-state index is 12.4. The highest BCUT2D eigenvalue weighted by Gasteiger charge is 2.23. The van der Waals surface area contributed by atoms with Crippen LogP contribution >= 0.6 is 0 Å². The largest absolute Gasteiger partial charge is 0.514 e. The fraction of sp³-hybridized carbons (Fsp3) is 0.368. The summed E-state index contributed by atoms with van der Waals surface area (Å²) in [7, 11) is 0.